The zero-order chi connectivity index (χ0) is 51.9. The van der Waals surface area contributed by atoms with E-state index in [-0.39, 0.29) is 52.0 Å². The van der Waals surface area contributed by atoms with Crippen molar-refractivity contribution in [3.8, 4) is 0 Å². The zero-order valence-electron chi connectivity index (χ0n) is 50.0. The highest BCUT2D eigenvalue weighted by atomic mass is 14.4. The van der Waals surface area contributed by atoms with Gasteiger partial charge in [0.25, 0.3) is 0 Å². The molecule has 2 atom stereocenters. The van der Waals surface area contributed by atoms with Crippen LogP contribution in [0.25, 0.3) is 0 Å². The summed E-state index contributed by atoms with van der Waals surface area (Å²) in [5, 5.41) is 0. The van der Waals surface area contributed by atoms with E-state index in [4.69, 9.17) is 0 Å². The standard InChI is InChI=1S/C12H14.C10H18.C10H12.C9H16.C9H10.C8H14.C7H14.C6H12.C5H10.7CH4/c1-3-9-7-11-5-2-6-12(11)8-10(9)4-1;2*1-2-6-10-8-4-3-7-9(10)5-1;2*1-2-5-9-7-3-6-8(9)4-1;1-3-7-5-2-6-8(7)4-1;1-2-4-6-7-5-3-1;1-2-4-6-5-3-1;1-2-4-5-3-1;;;;;;;/h7-8H,1-6H2;9-10H,1-8H2;1-2,5-6H,3-4,7-8H2;8-9H,1-7H2;1-2,4-5H,3,6-7H2;7-8H,1-6H2;1-7H2;1-6H2;1-5H2;7*1H4. The number of rotatable bonds is 0. The highest BCUT2D eigenvalue weighted by molar-refractivity contribution is 5.43. The molecule has 9 saturated carbocycles. The van der Waals surface area contributed by atoms with Gasteiger partial charge in [0.1, 0.15) is 0 Å². The van der Waals surface area contributed by atoms with Gasteiger partial charge < -0.3 is 0 Å². The van der Waals surface area contributed by atoms with Crippen molar-refractivity contribution in [3.05, 3.63) is 105 Å². The maximum absolute atomic E-state index is 2.48. The maximum Gasteiger partial charge on any atom is -0.0273 e. The Morgan fingerprint density at radius 3 is 0.506 bits per heavy atom. The summed E-state index contributed by atoms with van der Waals surface area (Å²) in [6.45, 7) is 0. The van der Waals surface area contributed by atoms with E-state index in [9.17, 15) is 0 Å². The first kappa shape index (κ1) is 78.7. The van der Waals surface area contributed by atoms with Crippen LogP contribution in [0.15, 0.2) is 60.7 Å². The minimum Gasteiger partial charge on any atom is -0.0776 e. The van der Waals surface area contributed by atoms with Crippen LogP contribution in [-0.2, 0) is 51.4 Å². The molecule has 480 valence electrons. The number of fused-ring (bicyclic) bond motifs is 7. The van der Waals surface area contributed by atoms with E-state index >= 15 is 0 Å². The molecule has 83 heavy (non-hydrogen) atoms. The average molecular weight is 1150 g/mol. The van der Waals surface area contributed by atoms with E-state index in [0.717, 1.165) is 11.8 Å². The molecule has 2 unspecified atom stereocenters. The maximum atomic E-state index is 2.48. The summed E-state index contributed by atoms with van der Waals surface area (Å²) in [6, 6.07) is 22.5. The van der Waals surface area contributed by atoms with Crippen molar-refractivity contribution in [2.75, 3.05) is 0 Å². The Morgan fingerprint density at radius 2 is 0.313 bits per heavy atom. The lowest BCUT2D eigenvalue weighted by atomic mass is 9.71. The molecule has 0 aliphatic heterocycles. The molecule has 13 aliphatic rings. The third-order valence-corrected chi connectivity index (χ3v) is 21.7. The van der Waals surface area contributed by atoms with Gasteiger partial charge in [-0.15, -0.1) is 0 Å². The smallest absolute Gasteiger partial charge is 0.0273 e. The van der Waals surface area contributed by atoms with Crippen molar-refractivity contribution in [1.29, 1.82) is 0 Å². The monoisotopic (exact) mass is 1150 g/mol. The summed E-state index contributed by atoms with van der Waals surface area (Å²) in [5.74, 6) is 6.99. The van der Waals surface area contributed by atoms with Crippen LogP contribution in [0, 0.1) is 35.5 Å². The van der Waals surface area contributed by atoms with Gasteiger partial charge in [-0.1, -0.05) is 363 Å². The molecule has 0 bridgehead atoms. The molecule has 0 heterocycles. The molecule has 0 nitrogen and oxygen atoms in total. The second kappa shape index (κ2) is 47.7. The van der Waals surface area contributed by atoms with Gasteiger partial charge in [-0.3, -0.25) is 0 Å². The molecule has 0 saturated heterocycles. The Hall–Kier alpha value is -2.34. The minimum absolute atomic E-state index is 0. The average Bonchev–Trinajstić information content (AvgIpc) is 4.53. The lowest BCUT2D eigenvalue weighted by molar-refractivity contribution is 0.171. The van der Waals surface area contributed by atoms with Gasteiger partial charge in [-0.25, -0.2) is 0 Å². The predicted molar refractivity (Wildman–Crippen MR) is 380 cm³/mol. The number of hydrogen-bond acceptors (Lipinski definition) is 0. The molecule has 0 amide bonds. The Labute approximate surface area is 523 Å². The van der Waals surface area contributed by atoms with Crippen LogP contribution < -0.4 is 0 Å². The van der Waals surface area contributed by atoms with Crippen LogP contribution in [0.1, 0.15) is 379 Å². The molecule has 3 aromatic carbocycles. The Bertz CT molecular complexity index is 1750. The van der Waals surface area contributed by atoms with E-state index in [1.807, 2.05) is 0 Å². The van der Waals surface area contributed by atoms with Crippen LogP contribution in [0.5, 0.6) is 0 Å². The summed E-state index contributed by atoms with van der Waals surface area (Å²) >= 11 is 0. The third kappa shape index (κ3) is 28.6. The molecule has 0 spiro atoms. The van der Waals surface area contributed by atoms with E-state index in [2.05, 4.69) is 60.7 Å². The summed E-state index contributed by atoms with van der Waals surface area (Å²) in [7, 11) is 0. The molecule has 0 aromatic heterocycles. The molecule has 0 radical (unpaired) electrons. The Morgan fingerprint density at radius 1 is 0.157 bits per heavy atom. The summed E-state index contributed by atoms with van der Waals surface area (Å²) < 4.78 is 0. The molecule has 13 aliphatic carbocycles. The van der Waals surface area contributed by atoms with Gasteiger partial charge in [-0.2, -0.15) is 0 Å². The van der Waals surface area contributed by atoms with Crippen LogP contribution in [0.3, 0.4) is 0 Å². The molecule has 9 fully saturated rings. The molecule has 16 rings (SSSR count). The fourth-order valence-corrected chi connectivity index (χ4v) is 17.1. The number of benzene rings is 3. The second-order valence-corrected chi connectivity index (χ2v) is 27.3. The normalized spacial score (nSPS) is 25.5. The van der Waals surface area contributed by atoms with Gasteiger partial charge in [-0.05, 0) is 163 Å². The van der Waals surface area contributed by atoms with Gasteiger partial charge >= 0.3 is 0 Å². The second-order valence-electron chi connectivity index (χ2n) is 27.3. The van der Waals surface area contributed by atoms with Gasteiger partial charge in [0.05, 0.1) is 0 Å². The highest BCUT2D eigenvalue weighted by Crippen LogP contribution is 2.44. The zero-order valence-corrected chi connectivity index (χ0v) is 50.0. The number of aryl methyl sites for hydroxylation is 8. The highest BCUT2D eigenvalue weighted by Gasteiger charge is 2.31. The first-order valence-corrected chi connectivity index (χ1v) is 35.0. The predicted octanol–water partition coefficient (Wildman–Crippen LogP) is 27.8. The Balaban J connectivity index is 0.000000466. The molecule has 0 heteroatoms. The van der Waals surface area contributed by atoms with E-state index < -0.39 is 0 Å². The van der Waals surface area contributed by atoms with Crippen molar-refractivity contribution in [2.24, 2.45) is 35.5 Å². The summed E-state index contributed by atoms with van der Waals surface area (Å²) in [4.78, 5) is 0. The van der Waals surface area contributed by atoms with Crippen LogP contribution in [0.4, 0.5) is 0 Å². The fraction of sp³-hybridized carbons (Fsp3) is 0.783. The number of hydrogen-bond donors (Lipinski definition) is 0. The summed E-state index contributed by atoms with van der Waals surface area (Å²) in [6.07, 6.45) is 77.0. The van der Waals surface area contributed by atoms with Crippen LogP contribution >= 0.6 is 0 Å². The largest absolute Gasteiger partial charge is 0.0776 e. The quantitative estimate of drug-likeness (QED) is 0.197. The van der Waals surface area contributed by atoms with E-state index in [1.165, 1.54) is 281 Å². The first-order chi connectivity index (χ1) is 37.8. The van der Waals surface area contributed by atoms with Crippen molar-refractivity contribution >= 4 is 0 Å². The van der Waals surface area contributed by atoms with Gasteiger partial charge in [0.15, 0.2) is 0 Å². The fourth-order valence-electron chi connectivity index (χ4n) is 17.1. The van der Waals surface area contributed by atoms with Crippen molar-refractivity contribution in [1.82, 2.24) is 0 Å². The first-order valence-electron chi connectivity index (χ1n) is 35.0. The molecule has 0 N–H and O–H groups in total. The van der Waals surface area contributed by atoms with Gasteiger partial charge in [0, 0.05) is 0 Å². The minimum atomic E-state index is 0. The lowest BCUT2D eigenvalue weighted by Crippen LogP contribution is -2.22. The van der Waals surface area contributed by atoms with E-state index in [1.54, 1.807) is 122 Å². The summed E-state index contributed by atoms with van der Waals surface area (Å²) in [5.41, 5.74) is 12.9. The van der Waals surface area contributed by atoms with Crippen LogP contribution in [0.2, 0.25) is 0 Å². The molecule has 3 aromatic rings. The molecular weight excluding hydrogens is 997 g/mol. The van der Waals surface area contributed by atoms with Crippen molar-refractivity contribution in [3.63, 3.8) is 0 Å². The Kier molecular flexibility index (Phi) is 45.2. The van der Waals surface area contributed by atoms with E-state index in [0.29, 0.717) is 0 Å². The van der Waals surface area contributed by atoms with Crippen LogP contribution in [-0.4, -0.2) is 0 Å². The lowest BCUT2D eigenvalue weighted by Gasteiger charge is -2.35. The van der Waals surface area contributed by atoms with Crippen molar-refractivity contribution < 1.29 is 0 Å². The van der Waals surface area contributed by atoms with Crippen molar-refractivity contribution in [2.45, 2.75) is 386 Å². The molecular formula is C83H148. The topological polar surface area (TPSA) is 0 Å². The SMILES string of the molecule is C.C.C.C.C.C.C.C1CC2CCCC2C1.C1CCC2CCCC2C1.C1CCC2CCCCC2C1.C1CCCC1.C1CCCCC1.C1CCCCCC1.c1c2c(cc3c1CCC3)CCC2.c1ccc2c(c1)CCC2.c1ccc2c(c1)CCCC2. The third-order valence-electron chi connectivity index (χ3n) is 21.7. The van der Waals surface area contributed by atoms with Gasteiger partial charge in [0.2, 0.25) is 0 Å².